The van der Waals surface area contributed by atoms with E-state index in [9.17, 15) is 18.8 Å². The zero-order valence-electron chi connectivity index (χ0n) is 11.4. The van der Waals surface area contributed by atoms with Gasteiger partial charge in [0.2, 0.25) is 0 Å². The smallest absolute Gasteiger partial charge is 0.268 e. The molecule has 0 fully saturated rings. The van der Waals surface area contributed by atoms with Gasteiger partial charge in [0, 0.05) is 23.3 Å². The summed E-state index contributed by atoms with van der Waals surface area (Å²) in [4.78, 5) is 40.3. The Morgan fingerprint density at radius 3 is 2.57 bits per heavy atom. The van der Waals surface area contributed by atoms with Crippen molar-refractivity contribution in [1.29, 1.82) is 0 Å². The number of hydrogen-bond donors (Lipinski definition) is 2. The number of fused-ring (bicyclic) bond motifs is 1. The van der Waals surface area contributed by atoms with E-state index in [1.54, 1.807) is 5.38 Å². The molecule has 0 saturated carbocycles. The molecule has 3 aromatic rings. The maximum absolute atomic E-state index is 12.8. The first-order chi connectivity index (χ1) is 11.1. The first-order valence-corrected chi connectivity index (χ1v) is 7.25. The van der Waals surface area contributed by atoms with Crippen LogP contribution in [0.15, 0.2) is 46.8 Å². The molecule has 23 heavy (non-hydrogen) atoms. The number of carbonyl (C=O) groups excluding carboxylic acids is 2. The van der Waals surface area contributed by atoms with Crippen LogP contribution in [0.1, 0.15) is 20.7 Å². The number of amides is 2. The van der Waals surface area contributed by atoms with Crippen molar-refractivity contribution in [3.05, 3.63) is 69.3 Å². The average molecular weight is 332 g/mol. The Bertz CT molecular complexity index is 949. The van der Waals surface area contributed by atoms with Crippen molar-refractivity contribution in [1.82, 2.24) is 20.2 Å². The molecule has 3 rings (SSSR count). The van der Waals surface area contributed by atoms with Gasteiger partial charge in [-0.25, -0.2) is 9.37 Å². The number of thiazole rings is 1. The Labute approximate surface area is 132 Å². The summed E-state index contributed by atoms with van der Waals surface area (Å²) in [5, 5.41) is 1.67. The normalized spacial score (nSPS) is 10.5. The molecule has 2 amide bonds. The molecule has 0 unspecified atom stereocenters. The van der Waals surface area contributed by atoms with E-state index in [0.29, 0.717) is 4.96 Å². The lowest BCUT2D eigenvalue weighted by molar-refractivity contribution is 0.0845. The van der Waals surface area contributed by atoms with E-state index in [1.165, 1.54) is 34.1 Å². The molecule has 0 aliphatic heterocycles. The molecule has 116 valence electrons. The molecule has 2 N–H and O–H groups in total. The lowest BCUT2D eigenvalue weighted by Gasteiger charge is -2.07. The van der Waals surface area contributed by atoms with Crippen LogP contribution >= 0.6 is 11.3 Å². The summed E-state index contributed by atoms with van der Waals surface area (Å²) >= 11 is 1.26. The molecule has 2 heterocycles. The Kier molecular flexibility index (Phi) is 3.85. The molecule has 0 spiro atoms. The highest BCUT2D eigenvalue weighted by atomic mass is 32.1. The van der Waals surface area contributed by atoms with Gasteiger partial charge in [0.05, 0.1) is 0 Å². The molecule has 0 saturated heterocycles. The van der Waals surface area contributed by atoms with Crippen LogP contribution in [0.5, 0.6) is 0 Å². The van der Waals surface area contributed by atoms with Gasteiger partial charge in [-0.15, -0.1) is 11.3 Å². The number of nitrogens with one attached hydrogen (secondary N) is 2. The SMILES string of the molecule is O=C(NNC(=O)c1cnc2sccn2c1=O)c1ccc(F)cc1. The summed E-state index contributed by atoms with van der Waals surface area (Å²) in [7, 11) is 0. The van der Waals surface area contributed by atoms with Gasteiger partial charge in [-0.3, -0.25) is 29.6 Å². The number of hydrogen-bond acceptors (Lipinski definition) is 5. The van der Waals surface area contributed by atoms with Crippen molar-refractivity contribution in [2.45, 2.75) is 0 Å². The quantitative estimate of drug-likeness (QED) is 0.684. The molecule has 0 aliphatic carbocycles. The molecule has 1 aromatic carbocycles. The van der Waals surface area contributed by atoms with Crippen molar-refractivity contribution in [3.63, 3.8) is 0 Å². The zero-order valence-corrected chi connectivity index (χ0v) is 12.3. The molecule has 2 aromatic heterocycles. The van der Waals surface area contributed by atoms with E-state index in [1.807, 2.05) is 0 Å². The van der Waals surface area contributed by atoms with Gasteiger partial charge in [0.1, 0.15) is 11.4 Å². The fraction of sp³-hybridized carbons (Fsp3) is 0. The zero-order chi connectivity index (χ0) is 16.4. The maximum Gasteiger partial charge on any atom is 0.276 e. The number of carbonyl (C=O) groups is 2. The Hall–Kier alpha value is -3.07. The number of aromatic nitrogens is 2. The molecular formula is C14H9FN4O3S. The maximum atomic E-state index is 12.8. The predicted octanol–water partition coefficient (Wildman–Crippen LogP) is 0.970. The Morgan fingerprint density at radius 2 is 1.83 bits per heavy atom. The summed E-state index contributed by atoms with van der Waals surface area (Å²) in [5.41, 5.74) is 3.70. The van der Waals surface area contributed by atoms with Crippen LogP contribution in [0.4, 0.5) is 4.39 Å². The first-order valence-electron chi connectivity index (χ1n) is 6.37. The van der Waals surface area contributed by atoms with Crippen LogP contribution in [-0.2, 0) is 0 Å². The van der Waals surface area contributed by atoms with Crippen LogP contribution in [0.2, 0.25) is 0 Å². The molecule has 9 heteroatoms. The van der Waals surface area contributed by atoms with Crippen LogP contribution in [0.25, 0.3) is 4.96 Å². The van der Waals surface area contributed by atoms with Crippen LogP contribution in [-0.4, -0.2) is 21.2 Å². The van der Waals surface area contributed by atoms with E-state index in [4.69, 9.17) is 0 Å². The molecule has 0 atom stereocenters. The largest absolute Gasteiger partial charge is 0.276 e. The first kappa shape index (κ1) is 14.9. The van der Waals surface area contributed by atoms with E-state index in [2.05, 4.69) is 15.8 Å². The monoisotopic (exact) mass is 332 g/mol. The van der Waals surface area contributed by atoms with Crippen LogP contribution in [0, 0.1) is 5.82 Å². The van der Waals surface area contributed by atoms with E-state index in [0.717, 1.165) is 18.3 Å². The molecule has 0 radical (unpaired) electrons. The molecule has 7 nitrogen and oxygen atoms in total. The fourth-order valence-corrected chi connectivity index (χ4v) is 2.51. The van der Waals surface area contributed by atoms with Crippen molar-refractivity contribution in [3.8, 4) is 0 Å². The fourth-order valence-electron chi connectivity index (χ4n) is 1.83. The minimum atomic E-state index is -0.793. The van der Waals surface area contributed by atoms with Crippen LogP contribution in [0.3, 0.4) is 0 Å². The topological polar surface area (TPSA) is 92.6 Å². The molecule has 0 aliphatic rings. The summed E-state index contributed by atoms with van der Waals surface area (Å²) in [6, 6.07) is 4.78. The van der Waals surface area contributed by atoms with Gasteiger partial charge in [0.15, 0.2) is 4.96 Å². The van der Waals surface area contributed by atoms with Gasteiger partial charge in [-0.05, 0) is 24.3 Å². The van der Waals surface area contributed by atoms with Gasteiger partial charge in [0.25, 0.3) is 17.4 Å². The van der Waals surface area contributed by atoms with Gasteiger partial charge < -0.3 is 0 Å². The third-order valence-corrected chi connectivity index (χ3v) is 3.75. The standard InChI is InChI=1S/C14H9FN4O3S/c15-9-3-1-8(2-4-9)11(20)17-18-12(21)10-7-16-14-19(13(10)22)5-6-23-14/h1-7H,(H,17,20)(H,18,21). The summed E-state index contributed by atoms with van der Waals surface area (Å²) in [5.74, 6) is -1.91. The van der Waals surface area contributed by atoms with Crippen molar-refractivity contribution in [2.24, 2.45) is 0 Å². The van der Waals surface area contributed by atoms with Gasteiger partial charge in [-0.2, -0.15) is 0 Å². The van der Waals surface area contributed by atoms with Gasteiger partial charge in [-0.1, -0.05) is 0 Å². The van der Waals surface area contributed by atoms with E-state index < -0.39 is 23.2 Å². The second-order valence-corrected chi connectivity index (χ2v) is 5.32. The number of nitrogens with zero attached hydrogens (tertiary/aromatic N) is 2. The Balaban J connectivity index is 1.73. The van der Waals surface area contributed by atoms with Crippen molar-refractivity contribution in [2.75, 3.05) is 0 Å². The Morgan fingerprint density at radius 1 is 1.13 bits per heavy atom. The predicted molar refractivity (Wildman–Crippen MR) is 80.7 cm³/mol. The highest BCUT2D eigenvalue weighted by Crippen LogP contribution is 2.05. The van der Waals surface area contributed by atoms with Crippen molar-refractivity contribution < 1.29 is 14.0 Å². The second kappa shape index (κ2) is 5.97. The minimum Gasteiger partial charge on any atom is -0.268 e. The van der Waals surface area contributed by atoms with E-state index >= 15 is 0 Å². The summed E-state index contributed by atoms with van der Waals surface area (Å²) < 4.78 is 14.0. The number of halogens is 1. The number of rotatable bonds is 2. The number of hydrazine groups is 1. The van der Waals surface area contributed by atoms with E-state index in [-0.39, 0.29) is 11.1 Å². The third kappa shape index (κ3) is 2.94. The second-order valence-electron chi connectivity index (χ2n) is 4.45. The van der Waals surface area contributed by atoms with Crippen LogP contribution < -0.4 is 16.4 Å². The lowest BCUT2D eigenvalue weighted by Crippen LogP contribution is -2.43. The number of benzene rings is 1. The summed E-state index contributed by atoms with van der Waals surface area (Å²) in [6.45, 7) is 0. The minimum absolute atomic E-state index is 0.162. The third-order valence-electron chi connectivity index (χ3n) is 2.98. The molecular weight excluding hydrogens is 323 g/mol. The van der Waals surface area contributed by atoms with Crippen molar-refractivity contribution >= 4 is 28.1 Å². The lowest BCUT2D eigenvalue weighted by atomic mass is 10.2. The van der Waals surface area contributed by atoms with Gasteiger partial charge >= 0.3 is 0 Å². The highest BCUT2D eigenvalue weighted by Gasteiger charge is 2.15. The molecule has 0 bridgehead atoms. The summed E-state index contributed by atoms with van der Waals surface area (Å²) in [6.07, 6.45) is 2.65. The highest BCUT2D eigenvalue weighted by molar-refractivity contribution is 7.15. The average Bonchev–Trinajstić information content (AvgIpc) is 3.03.